The number of nitrogens with one attached hydrogen (secondary N) is 1. The smallest absolute Gasteiger partial charge is 0.271 e. The molecule has 0 bridgehead atoms. The summed E-state index contributed by atoms with van der Waals surface area (Å²) in [6.07, 6.45) is 1.13. The summed E-state index contributed by atoms with van der Waals surface area (Å²) < 4.78 is 45.6. The maximum atomic E-state index is 14.3. The third kappa shape index (κ3) is 5.78. The number of halogens is 1. The van der Waals surface area contributed by atoms with E-state index in [2.05, 4.69) is 15.3 Å². The normalized spacial score (nSPS) is 11.0. The molecule has 3 rings (SSSR count). The first-order chi connectivity index (χ1) is 14.6. The lowest BCUT2D eigenvalue weighted by Gasteiger charge is -2.09. The number of hydrogen-bond acceptors (Lipinski definition) is 8. The van der Waals surface area contributed by atoms with Crippen LogP contribution in [0.25, 0.3) is 11.3 Å². The van der Waals surface area contributed by atoms with Crippen molar-refractivity contribution >= 4 is 27.4 Å². The monoisotopic (exact) mass is 443 g/mol. The average Bonchev–Trinajstić information content (AvgIpc) is 2.69. The van der Waals surface area contributed by atoms with Crippen LogP contribution in [0.2, 0.25) is 0 Å². The minimum absolute atomic E-state index is 0.0328. The molecule has 0 radical (unpaired) electrons. The van der Waals surface area contributed by atoms with Crippen molar-refractivity contribution in [1.29, 1.82) is 5.26 Å². The van der Waals surface area contributed by atoms with Gasteiger partial charge in [0.1, 0.15) is 11.4 Å². The van der Waals surface area contributed by atoms with Gasteiger partial charge in [0.25, 0.3) is 15.8 Å². The van der Waals surface area contributed by atoms with Crippen LogP contribution in [0.5, 0.6) is 0 Å². The Morgan fingerprint density at radius 1 is 1.19 bits per heavy atom. The van der Waals surface area contributed by atoms with Crippen molar-refractivity contribution in [3.05, 3.63) is 75.7 Å². The molecule has 0 saturated carbocycles. The Morgan fingerprint density at radius 2 is 1.90 bits per heavy atom. The molecule has 158 valence electrons. The molecule has 0 unspecified atom stereocenters. The number of nitrogens with zero attached hydrogens (tertiary/aromatic N) is 4. The van der Waals surface area contributed by atoms with E-state index in [4.69, 9.17) is 9.81 Å². The van der Waals surface area contributed by atoms with Gasteiger partial charge in [0.15, 0.2) is 5.82 Å². The fourth-order valence-corrected chi connectivity index (χ4v) is 3.36. The first-order valence-electron chi connectivity index (χ1n) is 8.64. The summed E-state index contributed by atoms with van der Waals surface area (Å²) >= 11 is 0. The van der Waals surface area contributed by atoms with Gasteiger partial charge in [-0.2, -0.15) is 13.7 Å². The fourth-order valence-electron chi connectivity index (χ4n) is 2.78. The standard InChI is InChI=1S/C19H14FN5O5S/c20-17-10-22-19(24-18(17)14-3-1-12(2-4-14)5-6-21)23-15-7-13(11-31(28,29)30)8-16(9-15)25(26)27/h1-4,7-10H,5,11H2,(H,22,23,24)(H,28,29,30). The molecule has 0 atom stereocenters. The summed E-state index contributed by atoms with van der Waals surface area (Å²) in [7, 11) is -4.42. The topological polar surface area (TPSA) is 159 Å². The third-order valence-corrected chi connectivity index (χ3v) is 4.75. The number of nitro benzene ring substituents is 1. The van der Waals surface area contributed by atoms with Crippen LogP contribution in [0.1, 0.15) is 11.1 Å². The minimum atomic E-state index is -4.42. The van der Waals surface area contributed by atoms with Gasteiger partial charge >= 0.3 is 0 Å². The summed E-state index contributed by atoms with van der Waals surface area (Å²) in [4.78, 5) is 18.3. The number of rotatable bonds is 7. The molecule has 2 N–H and O–H groups in total. The van der Waals surface area contributed by atoms with Crippen LogP contribution in [0, 0.1) is 27.3 Å². The fraction of sp³-hybridized carbons (Fsp3) is 0.105. The summed E-state index contributed by atoms with van der Waals surface area (Å²) in [6.45, 7) is 0. The number of non-ortho nitro benzene ring substituents is 1. The molecule has 2 aromatic carbocycles. The van der Waals surface area contributed by atoms with E-state index in [1.807, 2.05) is 6.07 Å². The number of aromatic nitrogens is 2. The Balaban J connectivity index is 1.95. The van der Waals surface area contributed by atoms with E-state index in [0.29, 0.717) is 5.56 Å². The Kier molecular flexibility index (Phi) is 6.19. The second-order valence-corrected chi connectivity index (χ2v) is 7.87. The second-order valence-electron chi connectivity index (χ2n) is 6.42. The number of benzene rings is 2. The van der Waals surface area contributed by atoms with E-state index in [9.17, 15) is 22.9 Å². The van der Waals surface area contributed by atoms with Gasteiger partial charge in [-0.05, 0) is 17.2 Å². The van der Waals surface area contributed by atoms with Crippen LogP contribution in [0.3, 0.4) is 0 Å². The second kappa shape index (κ2) is 8.82. The van der Waals surface area contributed by atoms with E-state index in [1.54, 1.807) is 24.3 Å². The zero-order valence-corrected chi connectivity index (χ0v) is 16.5. The lowest BCUT2D eigenvalue weighted by molar-refractivity contribution is -0.384. The van der Waals surface area contributed by atoms with E-state index in [1.165, 1.54) is 6.07 Å². The van der Waals surface area contributed by atoms with Gasteiger partial charge in [-0.25, -0.2) is 14.4 Å². The Hall–Kier alpha value is -3.95. The van der Waals surface area contributed by atoms with E-state index >= 15 is 0 Å². The Bertz CT molecular complexity index is 1290. The summed E-state index contributed by atoms with van der Waals surface area (Å²) in [5.74, 6) is -1.62. The van der Waals surface area contributed by atoms with Gasteiger partial charge in [0.2, 0.25) is 5.95 Å². The molecule has 0 amide bonds. The molecule has 0 saturated heterocycles. The van der Waals surface area contributed by atoms with Gasteiger partial charge in [0, 0.05) is 23.4 Å². The molecule has 3 aromatic rings. The van der Waals surface area contributed by atoms with E-state index in [-0.39, 0.29) is 29.3 Å². The van der Waals surface area contributed by atoms with Gasteiger partial charge in [0.05, 0.1) is 23.6 Å². The number of nitro groups is 1. The van der Waals surface area contributed by atoms with Crippen molar-refractivity contribution in [3.63, 3.8) is 0 Å². The lowest BCUT2D eigenvalue weighted by atomic mass is 10.1. The maximum absolute atomic E-state index is 14.3. The zero-order chi connectivity index (χ0) is 22.6. The van der Waals surface area contributed by atoms with E-state index in [0.717, 1.165) is 23.9 Å². The highest BCUT2D eigenvalue weighted by Crippen LogP contribution is 2.26. The minimum Gasteiger partial charge on any atom is -0.324 e. The molecule has 31 heavy (non-hydrogen) atoms. The Labute approximate surface area is 175 Å². The van der Waals surface area contributed by atoms with Crippen LogP contribution in [0.4, 0.5) is 21.7 Å². The quantitative estimate of drug-likeness (QED) is 0.317. The van der Waals surface area contributed by atoms with Crippen molar-refractivity contribution in [3.8, 4) is 17.3 Å². The van der Waals surface area contributed by atoms with Gasteiger partial charge in [-0.3, -0.25) is 14.7 Å². The molecule has 0 spiro atoms. The molecular formula is C19H14FN5O5S. The summed E-state index contributed by atoms with van der Waals surface area (Å²) in [6, 6.07) is 11.9. The zero-order valence-electron chi connectivity index (χ0n) is 15.7. The lowest BCUT2D eigenvalue weighted by Crippen LogP contribution is -2.05. The highest BCUT2D eigenvalue weighted by molar-refractivity contribution is 7.85. The SMILES string of the molecule is N#CCc1ccc(-c2nc(Nc3cc(CS(=O)(=O)O)cc([N+](=O)[O-])c3)ncc2F)cc1. The number of nitriles is 1. The molecule has 1 heterocycles. The summed E-state index contributed by atoms with van der Waals surface area (Å²) in [5.41, 5.74) is 0.769. The van der Waals surface area contributed by atoms with Crippen LogP contribution in [0.15, 0.2) is 48.7 Å². The Morgan fingerprint density at radius 3 is 2.52 bits per heavy atom. The van der Waals surface area contributed by atoms with Gasteiger partial charge in [-0.1, -0.05) is 24.3 Å². The molecule has 0 fully saturated rings. The maximum Gasteiger partial charge on any atom is 0.271 e. The van der Waals surface area contributed by atoms with Gasteiger partial charge in [-0.15, -0.1) is 0 Å². The van der Waals surface area contributed by atoms with Crippen LogP contribution < -0.4 is 5.32 Å². The van der Waals surface area contributed by atoms with Crippen molar-refractivity contribution in [2.24, 2.45) is 0 Å². The van der Waals surface area contributed by atoms with Gasteiger partial charge < -0.3 is 5.32 Å². The molecule has 1 aromatic heterocycles. The first-order valence-corrected chi connectivity index (χ1v) is 10.2. The predicted octanol–water partition coefficient (Wildman–Crippen LogP) is 3.39. The van der Waals surface area contributed by atoms with Crippen LogP contribution >= 0.6 is 0 Å². The van der Waals surface area contributed by atoms with E-state index < -0.39 is 32.3 Å². The predicted molar refractivity (Wildman–Crippen MR) is 108 cm³/mol. The molecule has 10 nitrogen and oxygen atoms in total. The molecule has 0 aliphatic carbocycles. The number of hydrogen-bond donors (Lipinski definition) is 2. The number of anilines is 2. The molecule has 0 aliphatic heterocycles. The van der Waals surface area contributed by atoms with Crippen molar-refractivity contribution in [2.75, 3.05) is 5.32 Å². The molecule has 0 aliphatic rings. The first kappa shape index (κ1) is 21.8. The average molecular weight is 443 g/mol. The highest BCUT2D eigenvalue weighted by Gasteiger charge is 2.16. The van der Waals surface area contributed by atoms with Crippen molar-refractivity contribution < 1.29 is 22.3 Å². The third-order valence-electron chi connectivity index (χ3n) is 4.05. The van der Waals surface area contributed by atoms with Crippen molar-refractivity contribution in [2.45, 2.75) is 12.2 Å². The molecule has 12 heteroatoms. The summed E-state index contributed by atoms with van der Waals surface area (Å²) in [5, 5.41) is 22.6. The highest BCUT2D eigenvalue weighted by atomic mass is 32.2. The molecular weight excluding hydrogens is 429 g/mol. The largest absolute Gasteiger partial charge is 0.324 e. The van der Waals surface area contributed by atoms with Crippen LogP contribution in [-0.2, 0) is 22.3 Å². The van der Waals surface area contributed by atoms with Crippen LogP contribution in [-0.4, -0.2) is 27.9 Å². The van der Waals surface area contributed by atoms with Crippen molar-refractivity contribution in [1.82, 2.24) is 9.97 Å².